The van der Waals surface area contributed by atoms with Gasteiger partial charge in [0.15, 0.2) is 0 Å². The summed E-state index contributed by atoms with van der Waals surface area (Å²) in [6, 6.07) is 7.05. The molecule has 0 saturated carbocycles. The van der Waals surface area contributed by atoms with Crippen molar-refractivity contribution in [1.29, 1.82) is 0 Å². The van der Waals surface area contributed by atoms with E-state index in [1.807, 2.05) is 0 Å². The lowest BCUT2D eigenvalue weighted by atomic mass is 10.2. The standard InChI is InChI=1S/C13H7Cl2N3O5/c14-9-6-8(17(20)21)2-3-11(9)16-13(19)7-1-4-12(18(22)23)10(15)5-7/h1-6H,(H,16,19). The molecule has 1 N–H and O–H groups in total. The Bertz CT molecular complexity index is 825. The summed E-state index contributed by atoms with van der Waals surface area (Å²) in [5, 5.41) is 23.5. The molecule has 0 atom stereocenters. The van der Waals surface area contributed by atoms with E-state index in [1.54, 1.807) is 0 Å². The minimum absolute atomic E-state index is 0.0134. The quantitative estimate of drug-likeness (QED) is 0.655. The van der Waals surface area contributed by atoms with E-state index >= 15 is 0 Å². The molecule has 0 heterocycles. The monoisotopic (exact) mass is 355 g/mol. The lowest BCUT2D eigenvalue weighted by Crippen LogP contribution is -2.12. The van der Waals surface area contributed by atoms with E-state index in [2.05, 4.69) is 5.32 Å². The first-order chi connectivity index (χ1) is 10.8. The van der Waals surface area contributed by atoms with E-state index in [0.717, 1.165) is 18.2 Å². The molecule has 10 heteroatoms. The zero-order chi connectivity index (χ0) is 17.1. The normalized spacial score (nSPS) is 10.2. The predicted octanol–water partition coefficient (Wildman–Crippen LogP) is 4.06. The molecule has 0 saturated heterocycles. The molecule has 0 aliphatic rings. The van der Waals surface area contributed by atoms with Crippen LogP contribution in [0.15, 0.2) is 36.4 Å². The Morgan fingerprint density at radius 2 is 1.65 bits per heavy atom. The van der Waals surface area contributed by atoms with Gasteiger partial charge in [-0.2, -0.15) is 0 Å². The van der Waals surface area contributed by atoms with Crippen LogP contribution in [0.25, 0.3) is 0 Å². The Morgan fingerprint density at radius 3 is 2.17 bits per heavy atom. The summed E-state index contributed by atoms with van der Waals surface area (Å²) in [7, 11) is 0. The van der Waals surface area contributed by atoms with E-state index in [1.165, 1.54) is 18.2 Å². The second-order valence-electron chi connectivity index (χ2n) is 4.30. The molecule has 0 aliphatic carbocycles. The van der Waals surface area contributed by atoms with Gasteiger partial charge in [0.2, 0.25) is 0 Å². The van der Waals surface area contributed by atoms with Gasteiger partial charge in [0.25, 0.3) is 17.3 Å². The van der Waals surface area contributed by atoms with Gasteiger partial charge in [0, 0.05) is 23.8 Å². The number of nitro groups is 2. The van der Waals surface area contributed by atoms with Crippen molar-refractivity contribution in [2.75, 3.05) is 5.32 Å². The Balaban J connectivity index is 2.24. The Labute approximate surface area is 138 Å². The Hall–Kier alpha value is -2.71. The summed E-state index contributed by atoms with van der Waals surface area (Å²) in [4.78, 5) is 32.1. The molecule has 0 aromatic heterocycles. The van der Waals surface area contributed by atoms with Crippen LogP contribution in [0.4, 0.5) is 17.1 Å². The molecule has 0 bridgehead atoms. The van der Waals surface area contributed by atoms with Gasteiger partial charge < -0.3 is 5.32 Å². The van der Waals surface area contributed by atoms with Crippen LogP contribution in [0.3, 0.4) is 0 Å². The van der Waals surface area contributed by atoms with E-state index in [4.69, 9.17) is 23.2 Å². The number of carbonyl (C=O) groups excluding carboxylic acids is 1. The number of nitrogens with zero attached hydrogens (tertiary/aromatic N) is 2. The molecular formula is C13H7Cl2N3O5. The third-order valence-electron chi connectivity index (χ3n) is 2.82. The van der Waals surface area contributed by atoms with Crippen molar-refractivity contribution < 1.29 is 14.6 Å². The van der Waals surface area contributed by atoms with Crippen LogP contribution in [0.5, 0.6) is 0 Å². The fraction of sp³-hybridized carbons (Fsp3) is 0. The Kier molecular flexibility index (Phi) is 4.77. The maximum Gasteiger partial charge on any atom is 0.287 e. The lowest BCUT2D eigenvalue weighted by molar-refractivity contribution is -0.385. The van der Waals surface area contributed by atoms with E-state index in [9.17, 15) is 25.0 Å². The van der Waals surface area contributed by atoms with Gasteiger partial charge in [0.1, 0.15) is 5.02 Å². The molecule has 0 aliphatic heterocycles. The summed E-state index contributed by atoms with van der Waals surface area (Å²) < 4.78 is 0. The van der Waals surface area contributed by atoms with Crippen molar-refractivity contribution in [3.05, 3.63) is 72.2 Å². The highest BCUT2D eigenvalue weighted by atomic mass is 35.5. The zero-order valence-corrected chi connectivity index (χ0v) is 12.7. The number of rotatable bonds is 4. The molecule has 0 spiro atoms. The van der Waals surface area contributed by atoms with Gasteiger partial charge >= 0.3 is 0 Å². The third kappa shape index (κ3) is 3.74. The highest BCUT2D eigenvalue weighted by Gasteiger charge is 2.17. The fourth-order valence-corrected chi connectivity index (χ4v) is 2.18. The largest absolute Gasteiger partial charge is 0.321 e. The second-order valence-corrected chi connectivity index (χ2v) is 5.11. The van der Waals surface area contributed by atoms with Gasteiger partial charge in [-0.3, -0.25) is 25.0 Å². The van der Waals surface area contributed by atoms with Crippen LogP contribution >= 0.6 is 23.2 Å². The first kappa shape index (κ1) is 16.7. The number of nitro benzene ring substituents is 2. The fourth-order valence-electron chi connectivity index (χ4n) is 1.71. The highest BCUT2D eigenvalue weighted by Crippen LogP contribution is 2.28. The maximum absolute atomic E-state index is 12.1. The van der Waals surface area contributed by atoms with Gasteiger partial charge in [-0.1, -0.05) is 23.2 Å². The molecule has 2 rings (SSSR count). The van der Waals surface area contributed by atoms with E-state index in [-0.39, 0.29) is 32.7 Å². The number of hydrogen-bond donors (Lipinski definition) is 1. The molecule has 0 fully saturated rings. The van der Waals surface area contributed by atoms with Crippen molar-refractivity contribution in [1.82, 2.24) is 0 Å². The lowest BCUT2D eigenvalue weighted by Gasteiger charge is -2.07. The van der Waals surface area contributed by atoms with Crippen LogP contribution in [-0.2, 0) is 0 Å². The number of anilines is 1. The maximum atomic E-state index is 12.1. The first-order valence-electron chi connectivity index (χ1n) is 5.99. The second kappa shape index (κ2) is 6.59. The number of nitrogens with one attached hydrogen (secondary N) is 1. The predicted molar refractivity (Wildman–Crippen MR) is 84.2 cm³/mol. The van der Waals surface area contributed by atoms with E-state index in [0.29, 0.717) is 0 Å². The summed E-state index contributed by atoms with van der Waals surface area (Å²) in [6.45, 7) is 0. The molecule has 0 radical (unpaired) electrons. The SMILES string of the molecule is O=C(Nc1ccc([N+](=O)[O-])cc1Cl)c1ccc([N+](=O)[O-])c(Cl)c1. The third-order valence-corrected chi connectivity index (χ3v) is 3.43. The van der Waals surface area contributed by atoms with Crippen molar-refractivity contribution in [2.45, 2.75) is 0 Å². The van der Waals surface area contributed by atoms with Gasteiger partial charge in [-0.15, -0.1) is 0 Å². The number of non-ortho nitro benzene ring substituents is 1. The van der Waals surface area contributed by atoms with Crippen LogP contribution in [0, 0.1) is 20.2 Å². The van der Waals surface area contributed by atoms with Crippen molar-refractivity contribution in [3.8, 4) is 0 Å². The van der Waals surface area contributed by atoms with Crippen LogP contribution in [0.2, 0.25) is 10.0 Å². The van der Waals surface area contributed by atoms with Crippen molar-refractivity contribution in [2.24, 2.45) is 0 Å². The smallest absolute Gasteiger partial charge is 0.287 e. The van der Waals surface area contributed by atoms with Crippen molar-refractivity contribution >= 4 is 46.2 Å². The molecule has 118 valence electrons. The number of benzene rings is 2. The summed E-state index contributed by atoms with van der Waals surface area (Å²) in [6.07, 6.45) is 0. The van der Waals surface area contributed by atoms with Gasteiger partial charge in [-0.05, 0) is 18.2 Å². The molecule has 2 aromatic rings. The molecule has 8 nitrogen and oxygen atoms in total. The van der Waals surface area contributed by atoms with Crippen molar-refractivity contribution in [3.63, 3.8) is 0 Å². The minimum atomic E-state index is -0.669. The Morgan fingerprint density at radius 1 is 0.957 bits per heavy atom. The van der Waals surface area contributed by atoms with Gasteiger partial charge in [-0.25, -0.2) is 0 Å². The number of halogens is 2. The molecule has 23 heavy (non-hydrogen) atoms. The first-order valence-corrected chi connectivity index (χ1v) is 6.74. The number of amides is 1. The highest BCUT2D eigenvalue weighted by molar-refractivity contribution is 6.34. The number of hydrogen-bond acceptors (Lipinski definition) is 5. The molecular weight excluding hydrogens is 349 g/mol. The summed E-state index contributed by atoms with van der Waals surface area (Å²) in [5.41, 5.74) is -0.297. The van der Waals surface area contributed by atoms with Gasteiger partial charge in [0.05, 0.1) is 20.6 Å². The molecule has 0 unspecified atom stereocenters. The van der Waals surface area contributed by atoms with Crippen LogP contribution in [0.1, 0.15) is 10.4 Å². The summed E-state index contributed by atoms with van der Waals surface area (Å²) >= 11 is 11.6. The van der Waals surface area contributed by atoms with E-state index < -0.39 is 15.8 Å². The number of carbonyl (C=O) groups is 1. The topological polar surface area (TPSA) is 115 Å². The average molecular weight is 356 g/mol. The zero-order valence-electron chi connectivity index (χ0n) is 11.2. The molecule has 2 aromatic carbocycles. The van der Waals surface area contributed by atoms with Crippen LogP contribution in [-0.4, -0.2) is 15.8 Å². The molecule has 1 amide bonds. The average Bonchev–Trinajstić information content (AvgIpc) is 2.48. The minimum Gasteiger partial charge on any atom is -0.321 e. The summed E-state index contributed by atoms with van der Waals surface area (Å²) in [5.74, 6) is -0.613. The van der Waals surface area contributed by atoms with Crippen LogP contribution < -0.4 is 5.32 Å².